The number of aromatic carboxylic acids is 1. The Bertz CT molecular complexity index is 630. The molecule has 1 aromatic heterocycles. The number of para-hydroxylation sites is 1. The van der Waals surface area contributed by atoms with Gasteiger partial charge in [-0.2, -0.15) is 0 Å². The van der Waals surface area contributed by atoms with Crippen molar-refractivity contribution in [3.63, 3.8) is 0 Å². The van der Waals surface area contributed by atoms with E-state index in [1.54, 1.807) is 12.1 Å². The van der Waals surface area contributed by atoms with Gasteiger partial charge in [-0.25, -0.2) is 9.18 Å². The van der Waals surface area contributed by atoms with E-state index in [0.29, 0.717) is 11.3 Å². The summed E-state index contributed by atoms with van der Waals surface area (Å²) in [7, 11) is 1.41. The quantitative estimate of drug-likeness (QED) is 0.909. The van der Waals surface area contributed by atoms with Crippen LogP contribution in [0.15, 0.2) is 36.7 Å². The number of carboxylic acid groups (broad SMARTS) is 1. The van der Waals surface area contributed by atoms with Gasteiger partial charge in [0.2, 0.25) is 0 Å². The monoisotopic (exact) mass is 277 g/mol. The van der Waals surface area contributed by atoms with E-state index in [4.69, 9.17) is 14.6 Å². The number of benzene rings is 1. The molecule has 2 aromatic rings. The van der Waals surface area contributed by atoms with Crippen molar-refractivity contribution in [3.8, 4) is 11.5 Å². The molecule has 0 amide bonds. The average molecular weight is 277 g/mol. The maximum absolute atomic E-state index is 13.0. The van der Waals surface area contributed by atoms with Crippen molar-refractivity contribution in [2.45, 2.75) is 6.61 Å². The SMILES string of the molecule is COc1cccc(C(=O)O)c1OCc1cncc(F)c1. The van der Waals surface area contributed by atoms with Gasteiger partial charge in [-0.15, -0.1) is 0 Å². The molecular weight excluding hydrogens is 265 g/mol. The van der Waals surface area contributed by atoms with E-state index in [1.165, 1.54) is 25.4 Å². The Hall–Kier alpha value is -2.63. The topological polar surface area (TPSA) is 68.7 Å². The first-order valence-electron chi connectivity index (χ1n) is 5.74. The summed E-state index contributed by atoms with van der Waals surface area (Å²) >= 11 is 0. The third-order valence-electron chi connectivity index (χ3n) is 2.57. The van der Waals surface area contributed by atoms with Crippen LogP contribution in [-0.4, -0.2) is 23.2 Å². The first kappa shape index (κ1) is 13.8. The molecule has 0 spiro atoms. The van der Waals surface area contributed by atoms with E-state index in [0.717, 1.165) is 6.20 Å². The summed E-state index contributed by atoms with van der Waals surface area (Å²) in [6.45, 7) is -0.00852. The maximum Gasteiger partial charge on any atom is 0.339 e. The number of pyridine rings is 1. The molecule has 104 valence electrons. The lowest BCUT2D eigenvalue weighted by molar-refractivity contribution is 0.0691. The van der Waals surface area contributed by atoms with Crippen molar-refractivity contribution in [2.75, 3.05) is 7.11 Å². The molecule has 1 heterocycles. The Balaban J connectivity index is 2.26. The number of carboxylic acids is 1. The number of rotatable bonds is 5. The van der Waals surface area contributed by atoms with Crippen molar-refractivity contribution < 1.29 is 23.8 Å². The van der Waals surface area contributed by atoms with Crippen molar-refractivity contribution in [1.29, 1.82) is 0 Å². The lowest BCUT2D eigenvalue weighted by atomic mass is 10.2. The minimum absolute atomic E-state index is 0.00852. The summed E-state index contributed by atoms with van der Waals surface area (Å²) < 4.78 is 23.5. The van der Waals surface area contributed by atoms with Crippen LogP contribution in [-0.2, 0) is 6.61 Å². The van der Waals surface area contributed by atoms with Crippen LogP contribution in [0.3, 0.4) is 0 Å². The average Bonchev–Trinajstić information content (AvgIpc) is 2.44. The molecule has 0 radical (unpaired) electrons. The van der Waals surface area contributed by atoms with Gasteiger partial charge in [0.25, 0.3) is 0 Å². The van der Waals surface area contributed by atoms with Gasteiger partial charge in [-0.3, -0.25) is 4.98 Å². The fraction of sp³-hybridized carbons (Fsp3) is 0.143. The van der Waals surface area contributed by atoms with Gasteiger partial charge in [0.05, 0.1) is 13.3 Å². The second kappa shape index (κ2) is 6.01. The van der Waals surface area contributed by atoms with Crippen LogP contribution in [0.1, 0.15) is 15.9 Å². The number of hydrogen-bond donors (Lipinski definition) is 1. The molecule has 1 aromatic carbocycles. The second-order valence-corrected chi connectivity index (χ2v) is 3.94. The van der Waals surface area contributed by atoms with E-state index in [2.05, 4.69) is 4.98 Å². The third kappa shape index (κ3) is 3.03. The summed E-state index contributed by atoms with van der Waals surface area (Å²) in [4.78, 5) is 14.8. The lowest BCUT2D eigenvalue weighted by Gasteiger charge is -2.13. The number of ether oxygens (including phenoxy) is 2. The van der Waals surface area contributed by atoms with Gasteiger partial charge in [0.15, 0.2) is 11.5 Å². The minimum atomic E-state index is -1.13. The largest absolute Gasteiger partial charge is 0.493 e. The Labute approximate surface area is 114 Å². The number of methoxy groups -OCH3 is 1. The molecule has 0 aliphatic carbocycles. The Morgan fingerprint density at radius 2 is 2.20 bits per heavy atom. The Morgan fingerprint density at radius 3 is 2.85 bits per heavy atom. The summed E-state index contributed by atoms with van der Waals surface area (Å²) in [6.07, 6.45) is 2.52. The highest BCUT2D eigenvalue weighted by molar-refractivity contribution is 5.92. The van der Waals surface area contributed by atoms with Crippen molar-refractivity contribution in [3.05, 3.63) is 53.6 Å². The number of nitrogens with zero attached hydrogens (tertiary/aromatic N) is 1. The highest BCUT2D eigenvalue weighted by atomic mass is 19.1. The molecule has 0 saturated heterocycles. The normalized spacial score (nSPS) is 10.1. The highest BCUT2D eigenvalue weighted by Gasteiger charge is 2.16. The Morgan fingerprint density at radius 1 is 1.40 bits per heavy atom. The van der Waals surface area contributed by atoms with Gasteiger partial charge in [0.1, 0.15) is 18.0 Å². The molecule has 1 N–H and O–H groups in total. The molecule has 0 aliphatic rings. The molecule has 6 heteroatoms. The maximum atomic E-state index is 13.0. The van der Waals surface area contributed by atoms with Crippen LogP contribution in [0.5, 0.6) is 11.5 Å². The molecule has 0 fully saturated rings. The smallest absolute Gasteiger partial charge is 0.339 e. The zero-order valence-corrected chi connectivity index (χ0v) is 10.7. The van der Waals surface area contributed by atoms with E-state index < -0.39 is 11.8 Å². The predicted molar refractivity (Wildman–Crippen MR) is 68.5 cm³/mol. The van der Waals surface area contributed by atoms with Crippen molar-refractivity contribution in [2.24, 2.45) is 0 Å². The highest BCUT2D eigenvalue weighted by Crippen LogP contribution is 2.31. The summed E-state index contributed by atoms with van der Waals surface area (Å²) in [6, 6.07) is 5.82. The number of carbonyl (C=O) groups is 1. The molecule has 0 atom stereocenters. The molecular formula is C14H12FNO4. The molecule has 0 saturated carbocycles. The summed E-state index contributed by atoms with van der Waals surface area (Å²) in [5.74, 6) is -1.21. The van der Waals surface area contributed by atoms with Gasteiger partial charge in [0, 0.05) is 11.8 Å². The first-order valence-corrected chi connectivity index (χ1v) is 5.74. The zero-order valence-electron chi connectivity index (χ0n) is 10.7. The van der Waals surface area contributed by atoms with Crippen LogP contribution in [0.4, 0.5) is 4.39 Å². The van der Waals surface area contributed by atoms with Crippen LogP contribution < -0.4 is 9.47 Å². The van der Waals surface area contributed by atoms with Crippen LogP contribution >= 0.6 is 0 Å². The van der Waals surface area contributed by atoms with E-state index in [-0.39, 0.29) is 17.9 Å². The predicted octanol–water partition coefficient (Wildman–Crippen LogP) is 2.51. The fourth-order valence-electron chi connectivity index (χ4n) is 1.68. The lowest BCUT2D eigenvalue weighted by Crippen LogP contribution is -2.05. The molecule has 20 heavy (non-hydrogen) atoms. The number of hydrogen-bond acceptors (Lipinski definition) is 4. The molecule has 5 nitrogen and oxygen atoms in total. The number of aromatic nitrogens is 1. The Kier molecular flexibility index (Phi) is 4.14. The summed E-state index contributed by atoms with van der Waals surface area (Å²) in [5, 5.41) is 9.12. The van der Waals surface area contributed by atoms with Crippen LogP contribution in [0, 0.1) is 5.82 Å². The minimum Gasteiger partial charge on any atom is -0.493 e. The van der Waals surface area contributed by atoms with Gasteiger partial charge >= 0.3 is 5.97 Å². The fourth-order valence-corrected chi connectivity index (χ4v) is 1.68. The van der Waals surface area contributed by atoms with E-state index in [9.17, 15) is 9.18 Å². The van der Waals surface area contributed by atoms with Gasteiger partial charge < -0.3 is 14.6 Å². The molecule has 0 unspecified atom stereocenters. The van der Waals surface area contributed by atoms with Crippen molar-refractivity contribution >= 4 is 5.97 Å². The molecule has 0 bridgehead atoms. The van der Waals surface area contributed by atoms with Crippen LogP contribution in [0.2, 0.25) is 0 Å². The van der Waals surface area contributed by atoms with E-state index in [1.807, 2.05) is 0 Å². The molecule has 2 rings (SSSR count). The first-order chi connectivity index (χ1) is 9.61. The van der Waals surface area contributed by atoms with Crippen LogP contribution in [0.25, 0.3) is 0 Å². The summed E-state index contributed by atoms with van der Waals surface area (Å²) in [5.41, 5.74) is 0.473. The second-order valence-electron chi connectivity index (χ2n) is 3.94. The third-order valence-corrected chi connectivity index (χ3v) is 2.57. The number of halogens is 1. The zero-order chi connectivity index (χ0) is 14.5. The standard InChI is InChI=1S/C14H12FNO4/c1-19-12-4-2-3-11(14(17)18)13(12)20-8-9-5-10(15)7-16-6-9/h2-7H,8H2,1H3,(H,17,18). The van der Waals surface area contributed by atoms with Gasteiger partial charge in [-0.1, -0.05) is 6.07 Å². The van der Waals surface area contributed by atoms with Gasteiger partial charge in [-0.05, 0) is 18.2 Å². The van der Waals surface area contributed by atoms with E-state index >= 15 is 0 Å². The molecule has 0 aliphatic heterocycles. The van der Waals surface area contributed by atoms with Crippen molar-refractivity contribution in [1.82, 2.24) is 4.98 Å².